The summed E-state index contributed by atoms with van der Waals surface area (Å²) in [7, 11) is 3.47. The molecule has 0 aromatic rings. The van der Waals surface area contributed by atoms with E-state index in [1.807, 2.05) is 0 Å². The van der Waals surface area contributed by atoms with Gasteiger partial charge in [-0.05, 0) is 6.04 Å². The molecule has 4 radical (unpaired) electrons. The van der Waals surface area contributed by atoms with E-state index in [4.69, 9.17) is 0 Å². The Hall–Kier alpha value is 0.394. The van der Waals surface area contributed by atoms with Gasteiger partial charge >= 0.3 is 0 Å². The first-order valence-electron chi connectivity index (χ1n) is 1.47. The molecule has 0 amide bonds. The van der Waals surface area contributed by atoms with E-state index >= 15 is 0 Å². The average molecular weight is 101 g/mol. The molecule has 0 aromatic heterocycles. The van der Waals surface area contributed by atoms with E-state index in [9.17, 15) is 0 Å². The van der Waals surface area contributed by atoms with Gasteiger partial charge in [-0.3, -0.25) is 0 Å². The van der Waals surface area contributed by atoms with Crippen LogP contribution in [0.5, 0.6) is 0 Å². The van der Waals surface area contributed by atoms with Crippen molar-refractivity contribution < 1.29 is 4.12 Å². The summed E-state index contributed by atoms with van der Waals surface area (Å²) >= 11 is 0. The predicted octanol–water partition coefficient (Wildman–Crippen LogP) is 0.144. The standard InChI is InChI=1S/C2H5OSi2/c1-2-5-3-4/h2H2,1H3/q-1. The molecule has 28 valence electrons. The third-order valence-corrected chi connectivity index (χ3v) is 1.08. The van der Waals surface area contributed by atoms with E-state index in [-0.39, 0.29) is 0 Å². The SMILES string of the molecule is CC[Si]O[Si-]. The first-order chi connectivity index (χ1) is 2.41. The highest BCUT2D eigenvalue weighted by atomic mass is 28.3. The maximum atomic E-state index is 4.52. The van der Waals surface area contributed by atoms with Crippen molar-refractivity contribution in [2.45, 2.75) is 13.0 Å². The number of hydrogen-bond acceptors (Lipinski definition) is 1. The zero-order valence-electron chi connectivity index (χ0n) is 3.12. The van der Waals surface area contributed by atoms with E-state index in [0.29, 0.717) is 9.76 Å². The highest BCUT2D eigenvalue weighted by Crippen LogP contribution is 1.67. The fraction of sp³-hybridized carbons (Fsp3) is 1.00. The van der Waals surface area contributed by atoms with Crippen LogP contribution < -0.4 is 0 Å². The number of rotatable bonds is 2. The molecule has 0 saturated carbocycles. The summed E-state index contributed by atoms with van der Waals surface area (Å²) in [4.78, 5) is 0. The quantitative estimate of drug-likeness (QED) is 0.450. The summed E-state index contributed by atoms with van der Waals surface area (Å²) in [6, 6.07) is 1.10. The zero-order chi connectivity index (χ0) is 4.12. The minimum Gasteiger partial charge on any atom is -0.696 e. The Balaban J connectivity index is 2.19. The van der Waals surface area contributed by atoms with E-state index in [1.54, 1.807) is 0 Å². The molecular weight excluding hydrogens is 96.2 g/mol. The van der Waals surface area contributed by atoms with Gasteiger partial charge in [0.05, 0.1) is 0 Å². The molecule has 0 saturated heterocycles. The van der Waals surface area contributed by atoms with Crippen LogP contribution >= 0.6 is 0 Å². The van der Waals surface area contributed by atoms with E-state index in [0.717, 1.165) is 6.04 Å². The highest BCUT2D eigenvalue weighted by Gasteiger charge is 1.64. The van der Waals surface area contributed by atoms with Gasteiger partial charge in [0, 0.05) is 0 Å². The first-order valence-corrected chi connectivity index (χ1v) is 2.99. The highest BCUT2D eigenvalue weighted by molar-refractivity contribution is 6.33. The molecule has 0 fully saturated rings. The fourth-order valence-corrected chi connectivity index (χ4v) is 0.650. The van der Waals surface area contributed by atoms with Crippen LogP contribution in [-0.2, 0) is 4.12 Å². The van der Waals surface area contributed by atoms with E-state index in [1.165, 1.54) is 0 Å². The minimum absolute atomic E-state index is 0.611. The third kappa shape index (κ3) is 4.39. The molecule has 0 heterocycles. The van der Waals surface area contributed by atoms with Crippen molar-refractivity contribution in [2.24, 2.45) is 0 Å². The normalized spacial score (nSPS) is 8.40. The molecule has 3 heteroatoms. The molecule has 0 bridgehead atoms. The fourth-order valence-electron chi connectivity index (χ4n) is 0.0722. The van der Waals surface area contributed by atoms with Crippen molar-refractivity contribution in [2.75, 3.05) is 0 Å². The summed E-state index contributed by atoms with van der Waals surface area (Å²) in [6.07, 6.45) is 0. The molecular formula is C2H5OSi2-. The molecule has 0 N–H and O–H groups in total. The molecule has 0 aliphatic heterocycles. The van der Waals surface area contributed by atoms with Crippen LogP contribution in [0.2, 0.25) is 6.04 Å². The molecule has 0 aliphatic rings. The summed E-state index contributed by atoms with van der Waals surface area (Å²) in [5.41, 5.74) is 0. The molecule has 0 aliphatic carbocycles. The van der Waals surface area contributed by atoms with Crippen molar-refractivity contribution in [3.05, 3.63) is 0 Å². The van der Waals surface area contributed by atoms with Gasteiger partial charge in [-0.15, -0.1) is 0 Å². The Labute approximate surface area is 38.2 Å². The van der Waals surface area contributed by atoms with Crippen molar-refractivity contribution in [1.29, 1.82) is 0 Å². The van der Waals surface area contributed by atoms with Gasteiger partial charge in [-0.1, -0.05) is 6.92 Å². The third-order valence-electron chi connectivity index (χ3n) is 0.217. The average Bonchev–Trinajstić information content (AvgIpc) is 1.41. The van der Waals surface area contributed by atoms with Crippen LogP contribution in [0.3, 0.4) is 0 Å². The Kier molecular flexibility index (Phi) is 4.74. The Bertz CT molecular complexity index is 15.1. The topological polar surface area (TPSA) is 9.23 Å². The summed E-state index contributed by atoms with van der Waals surface area (Å²) in [5.74, 6) is 0. The van der Waals surface area contributed by atoms with Gasteiger partial charge in [-0.2, -0.15) is 0 Å². The molecule has 0 unspecified atom stereocenters. The lowest BCUT2D eigenvalue weighted by atomic mass is 11.0. The smallest absolute Gasteiger partial charge is 0.175 e. The van der Waals surface area contributed by atoms with Gasteiger partial charge in [-0.25, -0.2) is 0 Å². The van der Waals surface area contributed by atoms with Gasteiger partial charge in [0.25, 0.3) is 0 Å². The first kappa shape index (κ1) is 5.39. The molecule has 0 spiro atoms. The van der Waals surface area contributed by atoms with Gasteiger partial charge in [0.2, 0.25) is 0 Å². The second kappa shape index (κ2) is 4.39. The predicted molar refractivity (Wildman–Crippen MR) is 23.1 cm³/mol. The van der Waals surface area contributed by atoms with E-state index < -0.39 is 0 Å². The zero-order valence-corrected chi connectivity index (χ0v) is 5.12. The van der Waals surface area contributed by atoms with Crippen LogP contribution in [0.4, 0.5) is 0 Å². The maximum Gasteiger partial charge on any atom is 0.175 e. The van der Waals surface area contributed by atoms with Gasteiger partial charge < -0.3 is 14.6 Å². The Morgan fingerprint density at radius 3 is 2.60 bits per heavy atom. The van der Waals surface area contributed by atoms with Gasteiger partial charge in [0.1, 0.15) is 0 Å². The lowest BCUT2D eigenvalue weighted by Crippen LogP contribution is -1.88. The van der Waals surface area contributed by atoms with Gasteiger partial charge in [0.15, 0.2) is 9.76 Å². The second-order valence-corrected chi connectivity index (χ2v) is 2.41. The monoisotopic (exact) mass is 101 g/mol. The van der Waals surface area contributed by atoms with Crippen LogP contribution in [0.15, 0.2) is 0 Å². The van der Waals surface area contributed by atoms with Crippen LogP contribution in [0.1, 0.15) is 6.92 Å². The molecule has 0 rings (SSSR count). The Morgan fingerprint density at radius 1 is 2.00 bits per heavy atom. The Morgan fingerprint density at radius 2 is 2.60 bits per heavy atom. The van der Waals surface area contributed by atoms with Crippen molar-refractivity contribution >= 4 is 20.2 Å². The molecule has 0 aromatic carbocycles. The minimum atomic E-state index is 0.611. The molecule has 5 heavy (non-hydrogen) atoms. The largest absolute Gasteiger partial charge is 0.696 e. The van der Waals surface area contributed by atoms with Crippen LogP contribution in [0.25, 0.3) is 0 Å². The maximum absolute atomic E-state index is 4.52. The summed E-state index contributed by atoms with van der Waals surface area (Å²) < 4.78 is 4.52. The van der Waals surface area contributed by atoms with E-state index in [2.05, 4.69) is 21.5 Å². The summed E-state index contributed by atoms with van der Waals surface area (Å²) in [5, 5.41) is 0. The van der Waals surface area contributed by atoms with Crippen LogP contribution in [0, 0.1) is 0 Å². The van der Waals surface area contributed by atoms with Crippen molar-refractivity contribution in [3.8, 4) is 0 Å². The van der Waals surface area contributed by atoms with Crippen molar-refractivity contribution in [1.82, 2.24) is 0 Å². The molecule has 1 nitrogen and oxygen atoms in total. The lowest BCUT2D eigenvalue weighted by Gasteiger charge is -2.02. The molecule has 0 atom stereocenters. The lowest BCUT2D eigenvalue weighted by molar-refractivity contribution is 0.663. The number of hydrogen-bond donors (Lipinski definition) is 0. The summed E-state index contributed by atoms with van der Waals surface area (Å²) in [6.45, 7) is 2.07. The van der Waals surface area contributed by atoms with Crippen LogP contribution in [-0.4, -0.2) is 20.2 Å². The second-order valence-electron chi connectivity index (χ2n) is 0.600. The van der Waals surface area contributed by atoms with Crippen molar-refractivity contribution in [3.63, 3.8) is 0 Å².